The minimum absolute atomic E-state index is 0.942. The molecule has 10 heavy (non-hydrogen) atoms. The van der Waals surface area contributed by atoms with E-state index < -0.39 is 22.2 Å². The Kier molecular flexibility index (Phi) is 2.21. The van der Waals surface area contributed by atoms with E-state index in [0.29, 0.717) is 0 Å². The third-order valence-corrected chi connectivity index (χ3v) is 0.722. The summed E-state index contributed by atoms with van der Waals surface area (Å²) in [4.78, 5) is 17.4. The first-order valence-corrected chi connectivity index (χ1v) is 2.20. The molecule has 0 saturated carbocycles. The van der Waals surface area contributed by atoms with Crippen LogP contribution in [0.2, 0.25) is 0 Å². The highest BCUT2D eigenvalue weighted by atomic mass is 16.6. The van der Waals surface area contributed by atoms with Crippen LogP contribution in [0, 0.1) is 20.2 Å². The van der Waals surface area contributed by atoms with Gasteiger partial charge in [-0.2, -0.15) is 0 Å². The zero-order valence-corrected chi connectivity index (χ0v) is 4.89. The van der Waals surface area contributed by atoms with E-state index in [1.165, 1.54) is 0 Å². The maximum absolute atomic E-state index is 9.81. The second-order valence-corrected chi connectivity index (χ2v) is 1.74. The van der Waals surface area contributed by atoms with Crippen molar-refractivity contribution in [1.82, 2.24) is 0 Å². The maximum Gasteiger partial charge on any atom is 0.392 e. The van der Waals surface area contributed by atoms with E-state index in [-0.39, 0.29) is 0 Å². The molecule has 8 nitrogen and oxygen atoms in total. The summed E-state index contributed by atoms with van der Waals surface area (Å²) >= 11 is 0. The number of rotatable bonds is 3. The Morgan fingerprint density at radius 1 is 1.30 bits per heavy atom. The lowest BCUT2D eigenvalue weighted by Gasteiger charge is -2.08. The van der Waals surface area contributed by atoms with Crippen LogP contribution in [-0.4, -0.2) is 22.2 Å². The van der Waals surface area contributed by atoms with Crippen LogP contribution in [0.4, 0.5) is 0 Å². The predicted molar refractivity (Wildman–Crippen MR) is 30.0 cm³/mol. The zero-order chi connectivity index (χ0) is 8.36. The summed E-state index contributed by atoms with van der Waals surface area (Å²) < 4.78 is 0. The average Bonchev–Trinajstić information content (AvgIpc) is 1.60. The number of nitro groups is 2. The molecule has 0 aliphatic rings. The van der Waals surface area contributed by atoms with Crippen molar-refractivity contribution < 1.29 is 9.85 Å². The summed E-state index contributed by atoms with van der Waals surface area (Å²) in [5.41, 5.74) is 9.40. The van der Waals surface area contributed by atoms with Gasteiger partial charge in [-0.25, -0.2) is 11.5 Å². The van der Waals surface area contributed by atoms with Gasteiger partial charge in [-0.05, 0) is 0 Å². The SMILES string of the molecule is NC(N)(C[N+](=O)[O-])[N+](=O)[O-]. The standard InChI is InChI=1S/C2H6N4O4/c3-2(4,6(9)10)1-5(7)8/h1,3-4H2. The van der Waals surface area contributed by atoms with Crippen molar-refractivity contribution in [1.29, 1.82) is 0 Å². The highest BCUT2D eigenvalue weighted by Crippen LogP contribution is 1.90. The molecule has 0 rings (SSSR count). The van der Waals surface area contributed by atoms with Gasteiger partial charge < -0.3 is 0 Å². The van der Waals surface area contributed by atoms with Crippen LogP contribution in [-0.2, 0) is 0 Å². The van der Waals surface area contributed by atoms with Crippen molar-refractivity contribution >= 4 is 0 Å². The van der Waals surface area contributed by atoms with Crippen LogP contribution in [0.3, 0.4) is 0 Å². The Morgan fingerprint density at radius 3 is 1.80 bits per heavy atom. The van der Waals surface area contributed by atoms with Gasteiger partial charge in [0, 0.05) is 4.92 Å². The number of nitrogens with zero attached hydrogens (tertiary/aromatic N) is 2. The van der Waals surface area contributed by atoms with Gasteiger partial charge in [0.25, 0.3) is 0 Å². The minimum Gasteiger partial charge on any atom is -0.264 e. The fraction of sp³-hybridized carbons (Fsp3) is 1.00. The summed E-state index contributed by atoms with van der Waals surface area (Å²) in [6.07, 6.45) is 0. The second-order valence-electron chi connectivity index (χ2n) is 1.74. The van der Waals surface area contributed by atoms with Crippen LogP contribution in [0.15, 0.2) is 0 Å². The first kappa shape index (κ1) is 8.72. The second kappa shape index (κ2) is 2.54. The molecule has 0 unspecified atom stereocenters. The van der Waals surface area contributed by atoms with E-state index >= 15 is 0 Å². The molecule has 0 aliphatic carbocycles. The van der Waals surface area contributed by atoms with E-state index in [1.54, 1.807) is 0 Å². The van der Waals surface area contributed by atoms with Gasteiger partial charge >= 0.3 is 12.3 Å². The van der Waals surface area contributed by atoms with Crippen molar-refractivity contribution in [3.63, 3.8) is 0 Å². The molecule has 0 aromatic carbocycles. The molecule has 0 spiro atoms. The van der Waals surface area contributed by atoms with E-state index in [2.05, 4.69) is 0 Å². The van der Waals surface area contributed by atoms with Gasteiger partial charge in [0.2, 0.25) is 0 Å². The summed E-state index contributed by atoms with van der Waals surface area (Å²) in [7, 11) is 0. The Hall–Kier alpha value is -1.28. The summed E-state index contributed by atoms with van der Waals surface area (Å²) in [6.45, 7) is -1.08. The normalized spacial score (nSPS) is 11.0. The molecule has 58 valence electrons. The van der Waals surface area contributed by atoms with Crippen LogP contribution >= 0.6 is 0 Å². The summed E-state index contributed by atoms with van der Waals surface area (Å²) in [5, 5.41) is 19.5. The van der Waals surface area contributed by atoms with Crippen LogP contribution < -0.4 is 11.5 Å². The Labute approximate surface area is 55.1 Å². The molecule has 0 radical (unpaired) electrons. The zero-order valence-electron chi connectivity index (χ0n) is 4.89. The lowest BCUT2D eigenvalue weighted by Crippen LogP contribution is -2.60. The number of hydrogen-bond donors (Lipinski definition) is 2. The van der Waals surface area contributed by atoms with Gasteiger partial charge in [0.1, 0.15) is 0 Å². The number of nitrogens with two attached hydrogens (primary N) is 2. The van der Waals surface area contributed by atoms with Gasteiger partial charge in [0.15, 0.2) is 0 Å². The van der Waals surface area contributed by atoms with E-state index in [9.17, 15) is 20.2 Å². The molecule has 8 heteroatoms. The molecular weight excluding hydrogens is 144 g/mol. The smallest absolute Gasteiger partial charge is 0.264 e. The third kappa shape index (κ3) is 2.33. The van der Waals surface area contributed by atoms with Crippen molar-refractivity contribution in [3.05, 3.63) is 20.2 Å². The Morgan fingerprint density at radius 2 is 1.70 bits per heavy atom. The highest BCUT2D eigenvalue weighted by Gasteiger charge is 2.39. The van der Waals surface area contributed by atoms with Gasteiger partial charge in [-0.3, -0.25) is 20.2 Å². The van der Waals surface area contributed by atoms with Gasteiger partial charge in [-0.1, -0.05) is 0 Å². The molecule has 0 aromatic rings. The maximum atomic E-state index is 9.81. The molecule has 0 aliphatic heterocycles. The van der Waals surface area contributed by atoms with Crippen LogP contribution in [0.1, 0.15) is 0 Å². The summed E-state index contributed by atoms with van der Waals surface area (Å²) in [5.74, 6) is -2.45. The summed E-state index contributed by atoms with van der Waals surface area (Å²) in [6, 6.07) is 0. The Bertz CT molecular complexity index is 165. The minimum atomic E-state index is -2.45. The third-order valence-electron chi connectivity index (χ3n) is 0.722. The first-order chi connectivity index (χ1) is 4.36. The fourth-order valence-corrected chi connectivity index (χ4v) is 0.265. The lowest BCUT2D eigenvalue weighted by atomic mass is 10.4. The van der Waals surface area contributed by atoms with Crippen molar-refractivity contribution in [2.24, 2.45) is 11.5 Å². The molecule has 4 N–H and O–H groups in total. The molecule has 0 fully saturated rings. The molecule has 0 heterocycles. The van der Waals surface area contributed by atoms with Crippen molar-refractivity contribution in [2.75, 3.05) is 6.54 Å². The van der Waals surface area contributed by atoms with Gasteiger partial charge in [0.05, 0.1) is 4.92 Å². The van der Waals surface area contributed by atoms with Crippen LogP contribution in [0.25, 0.3) is 0 Å². The van der Waals surface area contributed by atoms with Gasteiger partial charge in [-0.15, -0.1) is 0 Å². The molecule has 0 aromatic heterocycles. The molecule has 0 atom stereocenters. The highest BCUT2D eigenvalue weighted by molar-refractivity contribution is 4.59. The first-order valence-electron chi connectivity index (χ1n) is 2.20. The largest absolute Gasteiger partial charge is 0.392 e. The van der Waals surface area contributed by atoms with E-state index in [4.69, 9.17) is 11.5 Å². The van der Waals surface area contributed by atoms with Crippen molar-refractivity contribution in [3.8, 4) is 0 Å². The molecule has 0 bridgehead atoms. The monoisotopic (exact) mass is 150 g/mol. The molecule has 0 saturated heterocycles. The lowest BCUT2D eigenvalue weighted by molar-refractivity contribution is -0.625. The topological polar surface area (TPSA) is 138 Å². The van der Waals surface area contributed by atoms with Crippen LogP contribution in [0.5, 0.6) is 0 Å². The van der Waals surface area contributed by atoms with E-state index in [1.807, 2.05) is 0 Å². The average molecular weight is 150 g/mol. The van der Waals surface area contributed by atoms with E-state index in [0.717, 1.165) is 0 Å². The predicted octanol–water partition coefficient (Wildman–Crippen LogP) is -1.89. The number of hydrogen-bond acceptors (Lipinski definition) is 6. The fourth-order valence-electron chi connectivity index (χ4n) is 0.265. The molecular formula is C2H6N4O4. The van der Waals surface area contributed by atoms with Crippen molar-refractivity contribution in [2.45, 2.75) is 5.79 Å². The quantitative estimate of drug-likeness (QED) is 0.274. The Balaban J connectivity index is 4.13. The molecule has 0 amide bonds.